The summed E-state index contributed by atoms with van der Waals surface area (Å²) in [6.07, 6.45) is 0. The molecule has 0 unspecified atom stereocenters. The third kappa shape index (κ3) is 2.01. The van der Waals surface area contributed by atoms with Crippen LogP contribution in [0.5, 0.6) is 0 Å². The molecule has 0 atom stereocenters. The summed E-state index contributed by atoms with van der Waals surface area (Å²) in [5.41, 5.74) is 13.2. The van der Waals surface area contributed by atoms with Gasteiger partial charge in [0.05, 0.1) is 5.56 Å². The lowest BCUT2D eigenvalue weighted by Crippen LogP contribution is -2.13. The van der Waals surface area contributed by atoms with Gasteiger partial charge in [0, 0.05) is 10.6 Å². The van der Waals surface area contributed by atoms with Crippen molar-refractivity contribution in [1.29, 1.82) is 0 Å². The summed E-state index contributed by atoms with van der Waals surface area (Å²) in [5, 5.41) is 0. The van der Waals surface area contributed by atoms with Crippen LogP contribution in [0.15, 0.2) is 17.0 Å². The standard InChI is InChI=1S/C10H14N2OS/c1-3-14-9-6(2)8(11)5-4-7(9)10(12)13/h4-5H,3,11H2,1-2H3,(H2,12,13). The van der Waals surface area contributed by atoms with Crippen LogP contribution in [-0.2, 0) is 0 Å². The topological polar surface area (TPSA) is 69.1 Å². The van der Waals surface area contributed by atoms with Gasteiger partial charge >= 0.3 is 0 Å². The second-order valence-corrected chi connectivity index (χ2v) is 4.23. The summed E-state index contributed by atoms with van der Waals surface area (Å²) in [6, 6.07) is 3.40. The van der Waals surface area contributed by atoms with E-state index in [4.69, 9.17) is 11.5 Å². The van der Waals surface area contributed by atoms with Crippen LogP contribution in [0, 0.1) is 6.92 Å². The number of anilines is 1. The number of thioether (sulfide) groups is 1. The molecule has 0 heterocycles. The Labute approximate surface area is 87.9 Å². The number of primary amides is 1. The monoisotopic (exact) mass is 210 g/mol. The van der Waals surface area contributed by atoms with E-state index in [0.717, 1.165) is 16.2 Å². The molecule has 0 fully saturated rings. The molecule has 0 radical (unpaired) electrons. The molecule has 4 N–H and O–H groups in total. The molecule has 0 bridgehead atoms. The van der Waals surface area contributed by atoms with Crippen LogP contribution < -0.4 is 11.5 Å². The second-order valence-electron chi connectivity index (χ2n) is 2.95. The fraction of sp³-hybridized carbons (Fsp3) is 0.300. The largest absolute Gasteiger partial charge is 0.398 e. The van der Waals surface area contributed by atoms with E-state index in [9.17, 15) is 4.79 Å². The summed E-state index contributed by atoms with van der Waals surface area (Å²) in [5.74, 6) is 0.494. The Morgan fingerprint density at radius 1 is 1.50 bits per heavy atom. The molecule has 76 valence electrons. The number of carbonyl (C=O) groups is 1. The van der Waals surface area contributed by atoms with Gasteiger partial charge in [-0.15, -0.1) is 11.8 Å². The Morgan fingerprint density at radius 3 is 2.64 bits per heavy atom. The van der Waals surface area contributed by atoms with Crippen molar-refractivity contribution in [3.63, 3.8) is 0 Å². The highest BCUT2D eigenvalue weighted by Crippen LogP contribution is 2.29. The first kappa shape index (κ1) is 10.9. The molecule has 0 saturated carbocycles. The van der Waals surface area contributed by atoms with Crippen molar-refractivity contribution in [2.24, 2.45) is 5.73 Å². The first-order valence-electron chi connectivity index (χ1n) is 4.39. The minimum absolute atomic E-state index is 0.399. The maximum atomic E-state index is 11.1. The Morgan fingerprint density at radius 2 is 2.14 bits per heavy atom. The first-order valence-corrected chi connectivity index (χ1v) is 5.38. The van der Waals surface area contributed by atoms with E-state index in [1.807, 2.05) is 13.8 Å². The third-order valence-electron chi connectivity index (χ3n) is 2.00. The molecule has 1 rings (SSSR count). The number of hydrogen-bond donors (Lipinski definition) is 2. The van der Waals surface area contributed by atoms with E-state index in [0.29, 0.717) is 11.3 Å². The smallest absolute Gasteiger partial charge is 0.249 e. The van der Waals surface area contributed by atoms with Crippen molar-refractivity contribution in [2.45, 2.75) is 18.7 Å². The van der Waals surface area contributed by atoms with E-state index < -0.39 is 5.91 Å². The number of hydrogen-bond acceptors (Lipinski definition) is 3. The number of carbonyl (C=O) groups excluding carboxylic acids is 1. The van der Waals surface area contributed by atoms with Gasteiger partial charge in [-0.1, -0.05) is 6.92 Å². The third-order valence-corrected chi connectivity index (χ3v) is 3.11. The average Bonchev–Trinajstić information content (AvgIpc) is 2.13. The summed E-state index contributed by atoms with van der Waals surface area (Å²) in [4.78, 5) is 12.0. The molecule has 0 aromatic heterocycles. The molecule has 0 aliphatic carbocycles. The second kappa shape index (κ2) is 4.37. The lowest BCUT2D eigenvalue weighted by molar-refractivity contribution is 0.0997. The van der Waals surface area contributed by atoms with Crippen molar-refractivity contribution in [3.05, 3.63) is 23.3 Å². The van der Waals surface area contributed by atoms with Crippen molar-refractivity contribution in [1.82, 2.24) is 0 Å². The van der Waals surface area contributed by atoms with Crippen LogP contribution in [0.2, 0.25) is 0 Å². The van der Waals surface area contributed by atoms with Crippen molar-refractivity contribution in [2.75, 3.05) is 11.5 Å². The van der Waals surface area contributed by atoms with Gasteiger partial charge in [0.1, 0.15) is 0 Å². The molecule has 4 heteroatoms. The molecule has 1 amide bonds. The fourth-order valence-corrected chi connectivity index (χ4v) is 2.18. The minimum Gasteiger partial charge on any atom is -0.398 e. The summed E-state index contributed by atoms with van der Waals surface area (Å²) in [6.45, 7) is 3.93. The SMILES string of the molecule is CCSc1c(C(N)=O)ccc(N)c1C. The number of nitrogen functional groups attached to an aromatic ring is 1. The molecular formula is C10H14N2OS. The summed E-state index contributed by atoms with van der Waals surface area (Å²) >= 11 is 1.59. The van der Waals surface area contributed by atoms with E-state index in [2.05, 4.69) is 0 Å². The highest BCUT2D eigenvalue weighted by atomic mass is 32.2. The Kier molecular flexibility index (Phi) is 3.41. The van der Waals surface area contributed by atoms with Gasteiger partial charge < -0.3 is 11.5 Å². The predicted octanol–water partition coefficient (Wildman–Crippen LogP) is 1.79. The number of benzene rings is 1. The van der Waals surface area contributed by atoms with Crippen LogP contribution in [0.4, 0.5) is 5.69 Å². The van der Waals surface area contributed by atoms with E-state index >= 15 is 0 Å². The van der Waals surface area contributed by atoms with Gasteiger partial charge in [-0.25, -0.2) is 0 Å². The van der Waals surface area contributed by atoms with Gasteiger partial charge in [-0.3, -0.25) is 4.79 Å². The van der Waals surface area contributed by atoms with Gasteiger partial charge in [0.15, 0.2) is 0 Å². The van der Waals surface area contributed by atoms with Gasteiger partial charge in [-0.05, 0) is 30.4 Å². The lowest BCUT2D eigenvalue weighted by atomic mass is 10.1. The zero-order valence-corrected chi connectivity index (χ0v) is 9.15. The Balaban J connectivity index is 3.29. The Hall–Kier alpha value is -1.16. The molecule has 0 aliphatic heterocycles. The van der Waals surface area contributed by atoms with Crippen LogP contribution in [0.3, 0.4) is 0 Å². The minimum atomic E-state index is -0.399. The molecule has 14 heavy (non-hydrogen) atoms. The van der Waals surface area contributed by atoms with Gasteiger partial charge in [0.2, 0.25) is 5.91 Å². The molecule has 3 nitrogen and oxygen atoms in total. The van der Waals surface area contributed by atoms with E-state index in [-0.39, 0.29) is 0 Å². The zero-order valence-electron chi connectivity index (χ0n) is 8.33. The molecule has 0 saturated heterocycles. The van der Waals surface area contributed by atoms with Crippen LogP contribution >= 0.6 is 11.8 Å². The predicted molar refractivity (Wildman–Crippen MR) is 60.5 cm³/mol. The lowest BCUT2D eigenvalue weighted by Gasteiger charge is -2.10. The van der Waals surface area contributed by atoms with Crippen LogP contribution in [0.1, 0.15) is 22.8 Å². The number of rotatable bonds is 3. The van der Waals surface area contributed by atoms with Crippen molar-refractivity contribution >= 4 is 23.4 Å². The molecular weight excluding hydrogens is 196 g/mol. The summed E-state index contributed by atoms with van der Waals surface area (Å²) < 4.78 is 0. The highest BCUT2D eigenvalue weighted by Gasteiger charge is 2.12. The number of amides is 1. The molecule has 0 spiro atoms. The quantitative estimate of drug-likeness (QED) is 0.590. The van der Waals surface area contributed by atoms with Gasteiger partial charge in [-0.2, -0.15) is 0 Å². The first-order chi connectivity index (χ1) is 6.57. The molecule has 1 aromatic rings. The van der Waals surface area contributed by atoms with Crippen LogP contribution in [0.25, 0.3) is 0 Å². The van der Waals surface area contributed by atoms with Crippen molar-refractivity contribution < 1.29 is 4.79 Å². The van der Waals surface area contributed by atoms with Crippen molar-refractivity contribution in [3.8, 4) is 0 Å². The molecule has 1 aromatic carbocycles. The molecule has 0 aliphatic rings. The maximum Gasteiger partial charge on any atom is 0.249 e. The van der Waals surface area contributed by atoms with E-state index in [1.54, 1.807) is 23.9 Å². The normalized spacial score (nSPS) is 10.1. The number of nitrogens with two attached hydrogens (primary N) is 2. The fourth-order valence-electron chi connectivity index (χ4n) is 1.23. The highest BCUT2D eigenvalue weighted by molar-refractivity contribution is 7.99. The van der Waals surface area contributed by atoms with Crippen LogP contribution in [-0.4, -0.2) is 11.7 Å². The van der Waals surface area contributed by atoms with E-state index in [1.165, 1.54) is 0 Å². The zero-order chi connectivity index (χ0) is 10.7. The van der Waals surface area contributed by atoms with Gasteiger partial charge in [0.25, 0.3) is 0 Å². The average molecular weight is 210 g/mol. The maximum absolute atomic E-state index is 11.1. The summed E-state index contributed by atoms with van der Waals surface area (Å²) in [7, 11) is 0. The Bertz CT molecular complexity index is 363.